The standard InChI is InChI=1S/C33H51F5O3S/c1-10-14-15-27(12-3)21-40-30(39)18-19-42-32(31(35)26(9)41-33(36,37)38)25(8)28(13-4)29(34)20-24(7)23(6)17-16-22(5)11-2/h17,20,22,27H,10-16,18-19,21H2,1-9H3/b23-17+,24-20+,29-28-,31-26-,32-25-. The van der Waals surface area contributed by atoms with Gasteiger partial charge in [0.25, 0.3) is 0 Å². The summed E-state index contributed by atoms with van der Waals surface area (Å²) in [5.41, 5.74) is 1.91. The van der Waals surface area contributed by atoms with Gasteiger partial charge in [-0.3, -0.25) is 4.79 Å². The van der Waals surface area contributed by atoms with Gasteiger partial charge in [0.2, 0.25) is 0 Å². The molecule has 0 bridgehead atoms. The number of allylic oxidation sites excluding steroid dienone is 9. The number of halogens is 5. The van der Waals surface area contributed by atoms with Crippen molar-refractivity contribution in [1.82, 2.24) is 0 Å². The molecule has 0 aliphatic rings. The van der Waals surface area contributed by atoms with Gasteiger partial charge in [-0.25, -0.2) is 8.78 Å². The molecule has 0 saturated heterocycles. The molecule has 3 nitrogen and oxygen atoms in total. The van der Waals surface area contributed by atoms with Crippen LogP contribution in [-0.2, 0) is 14.3 Å². The van der Waals surface area contributed by atoms with Crippen LogP contribution >= 0.6 is 11.8 Å². The molecule has 2 unspecified atom stereocenters. The van der Waals surface area contributed by atoms with E-state index in [-0.39, 0.29) is 40.6 Å². The molecule has 0 N–H and O–H groups in total. The molecule has 0 aromatic heterocycles. The smallest absolute Gasteiger partial charge is 0.465 e. The molecule has 2 atom stereocenters. The topological polar surface area (TPSA) is 35.5 Å². The molecule has 0 saturated carbocycles. The summed E-state index contributed by atoms with van der Waals surface area (Å²) in [5, 5.41) is 0. The first-order valence-corrected chi connectivity index (χ1v) is 16.0. The van der Waals surface area contributed by atoms with Gasteiger partial charge in [-0.15, -0.1) is 24.9 Å². The maximum atomic E-state index is 15.5. The quantitative estimate of drug-likeness (QED) is 0.0621. The molecule has 42 heavy (non-hydrogen) atoms. The number of hydrogen-bond donors (Lipinski definition) is 0. The highest BCUT2D eigenvalue weighted by Crippen LogP contribution is 2.38. The highest BCUT2D eigenvalue weighted by molar-refractivity contribution is 8.03. The van der Waals surface area contributed by atoms with Crippen molar-refractivity contribution < 1.29 is 36.2 Å². The summed E-state index contributed by atoms with van der Waals surface area (Å²) in [6.45, 7) is 16.3. The minimum atomic E-state index is -5.09. The van der Waals surface area contributed by atoms with Crippen molar-refractivity contribution in [3.63, 3.8) is 0 Å². The first-order chi connectivity index (χ1) is 19.6. The van der Waals surface area contributed by atoms with Crippen LogP contribution in [0.4, 0.5) is 22.0 Å². The molecule has 0 aliphatic heterocycles. The summed E-state index contributed by atoms with van der Waals surface area (Å²) < 4.78 is 78.8. The molecular weight excluding hydrogens is 571 g/mol. The number of rotatable bonds is 19. The van der Waals surface area contributed by atoms with E-state index in [1.165, 1.54) is 13.0 Å². The van der Waals surface area contributed by atoms with E-state index in [9.17, 15) is 18.0 Å². The van der Waals surface area contributed by atoms with E-state index >= 15 is 8.78 Å². The maximum Gasteiger partial charge on any atom is 0.572 e. The molecule has 0 fully saturated rings. The van der Waals surface area contributed by atoms with Crippen molar-refractivity contribution >= 4 is 17.7 Å². The Bertz CT molecular complexity index is 1010. The van der Waals surface area contributed by atoms with Gasteiger partial charge in [-0.05, 0) is 81.6 Å². The minimum Gasteiger partial charge on any atom is -0.465 e. The third-order valence-electron chi connectivity index (χ3n) is 7.28. The average molecular weight is 623 g/mol. The largest absolute Gasteiger partial charge is 0.572 e. The first kappa shape index (κ1) is 40.0. The fourth-order valence-corrected chi connectivity index (χ4v) is 5.06. The van der Waals surface area contributed by atoms with Crippen molar-refractivity contribution in [2.24, 2.45) is 11.8 Å². The third-order valence-corrected chi connectivity index (χ3v) is 8.46. The van der Waals surface area contributed by atoms with Crippen LogP contribution < -0.4 is 0 Å². The lowest BCUT2D eigenvalue weighted by Crippen LogP contribution is -2.14. The Morgan fingerprint density at radius 2 is 1.62 bits per heavy atom. The summed E-state index contributed by atoms with van der Waals surface area (Å²) in [6, 6.07) is 0. The number of hydrogen-bond acceptors (Lipinski definition) is 4. The highest BCUT2D eigenvalue weighted by atomic mass is 32.2. The van der Waals surface area contributed by atoms with Crippen molar-refractivity contribution in [3.05, 3.63) is 56.8 Å². The third kappa shape index (κ3) is 16.0. The van der Waals surface area contributed by atoms with Gasteiger partial charge >= 0.3 is 12.3 Å². The highest BCUT2D eigenvalue weighted by Gasteiger charge is 2.33. The first-order valence-electron chi connectivity index (χ1n) is 15.0. The van der Waals surface area contributed by atoms with Crippen LogP contribution in [0.2, 0.25) is 0 Å². The number of ether oxygens (including phenoxy) is 2. The molecule has 0 rings (SSSR count). The normalized spacial score (nSPS) is 16.3. The van der Waals surface area contributed by atoms with E-state index < -0.39 is 29.7 Å². The molecular formula is C33H51F5O3S. The second-order valence-corrected chi connectivity index (χ2v) is 11.8. The van der Waals surface area contributed by atoms with Crippen LogP contribution in [0.5, 0.6) is 0 Å². The zero-order valence-electron chi connectivity index (χ0n) is 26.9. The summed E-state index contributed by atoms with van der Waals surface area (Å²) >= 11 is 0.840. The lowest BCUT2D eigenvalue weighted by molar-refractivity contribution is -0.305. The van der Waals surface area contributed by atoms with Crippen LogP contribution in [0, 0.1) is 11.8 Å². The second kappa shape index (κ2) is 20.8. The van der Waals surface area contributed by atoms with Crippen molar-refractivity contribution in [1.29, 1.82) is 0 Å². The lowest BCUT2D eigenvalue weighted by Gasteiger charge is -2.17. The minimum absolute atomic E-state index is 0.0366. The van der Waals surface area contributed by atoms with E-state index in [0.29, 0.717) is 18.1 Å². The van der Waals surface area contributed by atoms with E-state index in [1.54, 1.807) is 13.8 Å². The monoisotopic (exact) mass is 622 g/mol. The Balaban J connectivity index is 6.21. The molecule has 0 spiro atoms. The molecule has 0 radical (unpaired) electrons. The van der Waals surface area contributed by atoms with E-state index in [2.05, 4.69) is 31.6 Å². The van der Waals surface area contributed by atoms with Gasteiger partial charge in [0, 0.05) is 10.7 Å². The summed E-state index contributed by atoms with van der Waals surface area (Å²) in [5.74, 6) is -2.52. The van der Waals surface area contributed by atoms with Crippen LogP contribution in [0.1, 0.15) is 114 Å². The fraction of sp³-hybridized carbons (Fsp3) is 0.667. The number of thioether (sulfide) groups is 1. The van der Waals surface area contributed by atoms with Crippen LogP contribution in [0.15, 0.2) is 56.8 Å². The molecule has 0 heterocycles. The fourth-order valence-electron chi connectivity index (χ4n) is 3.98. The van der Waals surface area contributed by atoms with Gasteiger partial charge in [-0.1, -0.05) is 72.0 Å². The second-order valence-electron chi connectivity index (χ2n) is 10.7. The molecule has 242 valence electrons. The van der Waals surface area contributed by atoms with Crippen molar-refractivity contribution in [3.8, 4) is 0 Å². The van der Waals surface area contributed by atoms with Gasteiger partial charge in [0.05, 0.1) is 13.0 Å². The molecule has 0 aromatic rings. The van der Waals surface area contributed by atoms with Gasteiger partial charge in [0.15, 0.2) is 5.83 Å². The number of unbranched alkanes of at least 4 members (excludes halogenated alkanes) is 1. The number of carbonyl (C=O) groups excluding carboxylic acids is 1. The summed E-state index contributed by atoms with van der Waals surface area (Å²) in [6.07, 6.45) is 4.22. The lowest BCUT2D eigenvalue weighted by atomic mass is 9.98. The van der Waals surface area contributed by atoms with Crippen molar-refractivity contribution in [2.75, 3.05) is 12.4 Å². The molecule has 0 amide bonds. The molecule has 9 heteroatoms. The number of esters is 1. The van der Waals surface area contributed by atoms with E-state index in [1.807, 2.05) is 13.8 Å². The van der Waals surface area contributed by atoms with Gasteiger partial charge < -0.3 is 9.47 Å². The van der Waals surface area contributed by atoms with Crippen LogP contribution in [-0.4, -0.2) is 24.7 Å². The van der Waals surface area contributed by atoms with Gasteiger partial charge in [0.1, 0.15) is 11.6 Å². The molecule has 0 aliphatic carbocycles. The Morgan fingerprint density at radius 3 is 2.14 bits per heavy atom. The number of carbonyl (C=O) groups is 1. The van der Waals surface area contributed by atoms with E-state index in [4.69, 9.17) is 4.74 Å². The van der Waals surface area contributed by atoms with Crippen LogP contribution in [0.25, 0.3) is 0 Å². The Hall–Kier alpha value is -2.03. The summed E-state index contributed by atoms with van der Waals surface area (Å²) in [4.78, 5) is 12.2. The summed E-state index contributed by atoms with van der Waals surface area (Å²) in [7, 11) is 0. The predicted molar refractivity (Wildman–Crippen MR) is 165 cm³/mol. The van der Waals surface area contributed by atoms with Crippen molar-refractivity contribution in [2.45, 2.75) is 120 Å². The van der Waals surface area contributed by atoms with E-state index in [0.717, 1.165) is 62.8 Å². The SMILES string of the molecule is CCCCC(CC)COC(=O)CCSC(=C(C)\C(CC)=C(F)\C=C(C)\C(C)=C\CC(C)CC)/C(F)=C(\C)OC(F)(F)F. The Morgan fingerprint density at radius 1 is 0.976 bits per heavy atom. The zero-order chi connectivity index (χ0) is 32.5. The Kier molecular flexibility index (Phi) is 19.8. The predicted octanol–water partition coefficient (Wildman–Crippen LogP) is 11.8. The average Bonchev–Trinajstić information content (AvgIpc) is 2.92. The van der Waals surface area contributed by atoms with Crippen LogP contribution in [0.3, 0.4) is 0 Å². The Labute approximate surface area is 254 Å². The zero-order valence-corrected chi connectivity index (χ0v) is 27.7. The number of alkyl halides is 3. The van der Waals surface area contributed by atoms with Gasteiger partial charge in [-0.2, -0.15) is 0 Å². The molecule has 0 aromatic carbocycles. The maximum absolute atomic E-state index is 15.5.